The summed E-state index contributed by atoms with van der Waals surface area (Å²) in [4.78, 5) is 21.7. The van der Waals surface area contributed by atoms with E-state index < -0.39 is 12.0 Å². The minimum atomic E-state index is -0.776. The van der Waals surface area contributed by atoms with Crippen LogP contribution >= 0.6 is 0 Å². The number of aromatic nitrogens is 2. The Morgan fingerprint density at radius 2 is 2.18 bits per heavy atom. The number of carboxylic acid groups (broad SMARTS) is 1. The van der Waals surface area contributed by atoms with Gasteiger partial charge in [-0.1, -0.05) is 6.92 Å². The van der Waals surface area contributed by atoms with E-state index in [9.17, 15) is 9.90 Å². The molecular weight excluding hydrogens is 218 g/mol. The van der Waals surface area contributed by atoms with Crippen molar-refractivity contribution < 1.29 is 9.90 Å². The second kappa shape index (κ2) is 4.69. The number of aryl methyl sites for hydroxylation is 1. The van der Waals surface area contributed by atoms with Gasteiger partial charge in [-0.2, -0.15) is 0 Å². The molecule has 1 aromatic rings. The summed E-state index contributed by atoms with van der Waals surface area (Å²) in [6.07, 6.45) is 5.19. The number of aliphatic carboxylic acids is 1. The Hall–Kier alpha value is -1.65. The average Bonchev–Trinajstić information content (AvgIpc) is 2.28. The molecule has 0 amide bonds. The van der Waals surface area contributed by atoms with Crippen LogP contribution in [-0.2, 0) is 4.79 Å². The smallest absolute Gasteiger partial charge is 0.326 e. The molecule has 2 heterocycles. The van der Waals surface area contributed by atoms with E-state index in [0.717, 1.165) is 25.1 Å². The van der Waals surface area contributed by atoms with Crippen molar-refractivity contribution in [1.29, 1.82) is 0 Å². The van der Waals surface area contributed by atoms with E-state index in [4.69, 9.17) is 0 Å². The van der Waals surface area contributed by atoms with Crippen LogP contribution in [0.15, 0.2) is 12.4 Å². The van der Waals surface area contributed by atoms with Gasteiger partial charge in [0.05, 0.1) is 5.69 Å². The lowest BCUT2D eigenvalue weighted by atomic mass is 9.90. The summed E-state index contributed by atoms with van der Waals surface area (Å²) in [5, 5.41) is 9.34. The summed E-state index contributed by atoms with van der Waals surface area (Å²) < 4.78 is 0. The number of hydrogen-bond donors (Lipinski definition) is 1. The molecule has 1 aliphatic rings. The molecule has 5 nitrogen and oxygen atoms in total. The Morgan fingerprint density at radius 1 is 1.47 bits per heavy atom. The Labute approximate surface area is 100 Å². The van der Waals surface area contributed by atoms with Gasteiger partial charge in [0, 0.05) is 18.9 Å². The van der Waals surface area contributed by atoms with E-state index in [1.807, 2.05) is 18.7 Å². The zero-order chi connectivity index (χ0) is 12.4. The van der Waals surface area contributed by atoms with Gasteiger partial charge in [0.1, 0.15) is 6.04 Å². The topological polar surface area (TPSA) is 66.3 Å². The summed E-state index contributed by atoms with van der Waals surface area (Å²) in [5.74, 6) is 0.0661. The predicted octanol–water partition coefficient (Wildman–Crippen LogP) is 1.47. The Bertz CT molecular complexity index is 422. The number of rotatable bonds is 2. The van der Waals surface area contributed by atoms with Crippen molar-refractivity contribution in [2.45, 2.75) is 32.7 Å². The molecule has 17 heavy (non-hydrogen) atoms. The first-order valence-corrected chi connectivity index (χ1v) is 5.88. The average molecular weight is 235 g/mol. The quantitative estimate of drug-likeness (QED) is 0.841. The minimum Gasteiger partial charge on any atom is -0.480 e. The van der Waals surface area contributed by atoms with Gasteiger partial charge in [0.2, 0.25) is 0 Å². The molecule has 1 aliphatic heterocycles. The highest BCUT2D eigenvalue weighted by Gasteiger charge is 2.35. The van der Waals surface area contributed by atoms with Crippen molar-refractivity contribution in [2.75, 3.05) is 11.4 Å². The first-order chi connectivity index (χ1) is 8.11. The Balaban J connectivity index is 2.35. The molecule has 0 radical (unpaired) electrons. The molecule has 0 aromatic carbocycles. The standard InChI is InChI=1S/C12H17N3O2/c1-8-4-3-7-15(10(8)12(16)17)11-9(2)13-5-6-14-11/h5-6,8,10H,3-4,7H2,1-2H3,(H,16,17). The normalized spacial score (nSPS) is 24.7. The highest BCUT2D eigenvalue weighted by Crippen LogP contribution is 2.28. The van der Waals surface area contributed by atoms with Crippen LogP contribution in [0.5, 0.6) is 0 Å². The van der Waals surface area contributed by atoms with Crippen LogP contribution in [0.4, 0.5) is 5.82 Å². The molecule has 0 spiro atoms. The number of nitrogens with zero attached hydrogens (tertiary/aromatic N) is 3. The first kappa shape index (κ1) is 11.8. The molecule has 5 heteroatoms. The molecule has 0 bridgehead atoms. The second-order valence-corrected chi connectivity index (χ2v) is 4.56. The SMILES string of the molecule is Cc1nccnc1N1CCCC(C)C1C(=O)O. The molecule has 0 saturated carbocycles. The Kier molecular flexibility index (Phi) is 3.26. The van der Waals surface area contributed by atoms with Crippen LogP contribution in [0.3, 0.4) is 0 Å². The van der Waals surface area contributed by atoms with Crippen LogP contribution in [0.1, 0.15) is 25.5 Å². The molecular formula is C12H17N3O2. The molecule has 2 atom stereocenters. The number of piperidine rings is 1. The van der Waals surface area contributed by atoms with Gasteiger partial charge in [-0.05, 0) is 25.7 Å². The molecule has 2 rings (SSSR count). The zero-order valence-corrected chi connectivity index (χ0v) is 10.1. The molecule has 92 valence electrons. The third-order valence-electron chi connectivity index (χ3n) is 3.31. The van der Waals surface area contributed by atoms with E-state index in [1.165, 1.54) is 0 Å². The summed E-state index contributed by atoms with van der Waals surface area (Å²) in [5.41, 5.74) is 0.785. The number of anilines is 1. The van der Waals surface area contributed by atoms with Crippen molar-refractivity contribution in [3.63, 3.8) is 0 Å². The van der Waals surface area contributed by atoms with Crippen molar-refractivity contribution >= 4 is 11.8 Å². The summed E-state index contributed by atoms with van der Waals surface area (Å²) in [6.45, 7) is 4.58. The maximum atomic E-state index is 11.4. The fraction of sp³-hybridized carbons (Fsp3) is 0.583. The van der Waals surface area contributed by atoms with Crippen molar-refractivity contribution in [3.05, 3.63) is 18.1 Å². The maximum Gasteiger partial charge on any atom is 0.326 e. The third kappa shape index (κ3) is 2.23. The van der Waals surface area contributed by atoms with Crippen molar-refractivity contribution in [3.8, 4) is 0 Å². The van der Waals surface area contributed by atoms with Gasteiger partial charge in [-0.25, -0.2) is 9.78 Å². The summed E-state index contributed by atoms with van der Waals surface area (Å²) in [6, 6.07) is -0.487. The van der Waals surface area contributed by atoms with Gasteiger partial charge in [0.25, 0.3) is 0 Å². The first-order valence-electron chi connectivity index (χ1n) is 5.88. The van der Waals surface area contributed by atoms with E-state index in [1.54, 1.807) is 12.4 Å². The highest BCUT2D eigenvalue weighted by molar-refractivity contribution is 5.78. The third-order valence-corrected chi connectivity index (χ3v) is 3.31. The zero-order valence-electron chi connectivity index (χ0n) is 10.1. The van der Waals surface area contributed by atoms with E-state index in [0.29, 0.717) is 5.82 Å². The predicted molar refractivity (Wildman–Crippen MR) is 63.9 cm³/mol. The van der Waals surface area contributed by atoms with Crippen LogP contribution < -0.4 is 4.90 Å². The van der Waals surface area contributed by atoms with Crippen LogP contribution in [0, 0.1) is 12.8 Å². The minimum absolute atomic E-state index is 0.141. The molecule has 1 saturated heterocycles. The van der Waals surface area contributed by atoms with Crippen molar-refractivity contribution in [2.24, 2.45) is 5.92 Å². The lowest BCUT2D eigenvalue weighted by Gasteiger charge is -2.38. The largest absolute Gasteiger partial charge is 0.480 e. The van der Waals surface area contributed by atoms with Gasteiger partial charge in [-0.3, -0.25) is 4.98 Å². The highest BCUT2D eigenvalue weighted by atomic mass is 16.4. The van der Waals surface area contributed by atoms with Gasteiger partial charge >= 0.3 is 5.97 Å². The number of carbonyl (C=O) groups is 1. The molecule has 1 fully saturated rings. The lowest BCUT2D eigenvalue weighted by Crippen LogP contribution is -2.50. The number of carboxylic acids is 1. The Morgan fingerprint density at radius 3 is 2.82 bits per heavy atom. The number of hydrogen-bond acceptors (Lipinski definition) is 4. The lowest BCUT2D eigenvalue weighted by molar-refractivity contribution is -0.140. The maximum absolute atomic E-state index is 11.4. The van der Waals surface area contributed by atoms with E-state index >= 15 is 0 Å². The molecule has 1 N–H and O–H groups in total. The van der Waals surface area contributed by atoms with Gasteiger partial charge in [0.15, 0.2) is 5.82 Å². The second-order valence-electron chi connectivity index (χ2n) is 4.56. The monoisotopic (exact) mass is 235 g/mol. The van der Waals surface area contributed by atoms with Gasteiger partial charge in [-0.15, -0.1) is 0 Å². The van der Waals surface area contributed by atoms with Crippen LogP contribution in [0.25, 0.3) is 0 Å². The van der Waals surface area contributed by atoms with E-state index in [2.05, 4.69) is 9.97 Å². The van der Waals surface area contributed by atoms with Crippen LogP contribution in [0.2, 0.25) is 0 Å². The molecule has 1 aromatic heterocycles. The molecule has 0 aliphatic carbocycles. The van der Waals surface area contributed by atoms with Crippen LogP contribution in [-0.4, -0.2) is 33.6 Å². The van der Waals surface area contributed by atoms with E-state index in [-0.39, 0.29) is 5.92 Å². The summed E-state index contributed by atoms with van der Waals surface area (Å²) >= 11 is 0. The fourth-order valence-electron chi connectivity index (χ4n) is 2.48. The fourth-order valence-corrected chi connectivity index (χ4v) is 2.48. The van der Waals surface area contributed by atoms with Gasteiger partial charge < -0.3 is 10.0 Å². The van der Waals surface area contributed by atoms with Crippen molar-refractivity contribution in [1.82, 2.24) is 9.97 Å². The molecule has 2 unspecified atom stereocenters. The summed E-state index contributed by atoms with van der Waals surface area (Å²) in [7, 11) is 0.